The van der Waals surface area contributed by atoms with E-state index < -0.39 is 15.3 Å². The van der Waals surface area contributed by atoms with Gasteiger partial charge in [0.1, 0.15) is 0 Å². The number of pyridine rings is 1. The van der Waals surface area contributed by atoms with Gasteiger partial charge < -0.3 is 5.32 Å². The highest BCUT2D eigenvalue weighted by atomic mass is 32.2. The fourth-order valence-electron chi connectivity index (χ4n) is 1.61. The summed E-state index contributed by atoms with van der Waals surface area (Å²) in [4.78, 5) is 10.5. The maximum Gasteiger partial charge on any atom is 0.237 e. The molecule has 0 spiro atoms. The molecule has 0 aromatic carbocycles. The van der Waals surface area contributed by atoms with Crippen LogP contribution in [0.5, 0.6) is 0 Å². The standard InChI is InChI=1S/C12H19N5O2S/c1-10(2)20(18,19)16-12-14-8-17(9-15-12)7-11-5-3-4-6-13-11/h3-6,10H,7-9H2,1-2H3,(H2,14,15,16). The van der Waals surface area contributed by atoms with E-state index in [1.807, 2.05) is 23.1 Å². The molecule has 7 nitrogen and oxygen atoms in total. The lowest BCUT2D eigenvalue weighted by Gasteiger charge is -2.27. The van der Waals surface area contributed by atoms with Crippen LogP contribution < -0.4 is 10.0 Å². The minimum Gasteiger partial charge on any atom is -0.343 e. The Morgan fingerprint density at radius 1 is 1.45 bits per heavy atom. The quantitative estimate of drug-likeness (QED) is 0.822. The lowest BCUT2D eigenvalue weighted by atomic mass is 10.3. The second-order valence-corrected chi connectivity index (χ2v) is 7.07. The molecule has 1 aromatic heterocycles. The Morgan fingerprint density at radius 2 is 2.25 bits per heavy atom. The van der Waals surface area contributed by atoms with Crippen molar-refractivity contribution in [1.82, 2.24) is 19.9 Å². The predicted molar refractivity (Wildman–Crippen MR) is 77.3 cm³/mol. The minimum atomic E-state index is -3.35. The van der Waals surface area contributed by atoms with Crippen LogP contribution in [-0.4, -0.2) is 42.8 Å². The molecule has 1 aliphatic rings. The van der Waals surface area contributed by atoms with Crippen molar-refractivity contribution in [3.05, 3.63) is 30.1 Å². The molecule has 0 atom stereocenters. The number of aliphatic imine (C=N–C) groups is 1. The summed E-state index contributed by atoms with van der Waals surface area (Å²) in [5, 5.41) is 2.47. The lowest BCUT2D eigenvalue weighted by molar-refractivity contribution is 0.252. The van der Waals surface area contributed by atoms with Gasteiger partial charge in [0.25, 0.3) is 0 Å². The van der Waals surface area contributed by atoms with E-state index in [9.17, 15) is 8.42 Å². The van der Waals surface area contributed by atoms with Gasteiger partial charge in [0.05, 0.1) is 24.3 Å². The summed E-state index contributed by atoms with van der Waals surface area (Å²) in [6.07, 6.45) is 1.75. The summed E-state index contributed by atoms with van der Waals surface area (Å²) in [5.74, 6) is 0.302. The van der Waals surface area contributed by atoms with Crippen molar-refractivity contribution in [1.29, 1.82) is 0 Å². The first-order chi connectivity index (χ1) is 9.47. The lowest BCUT2D eigenvalue weighted by Crippen LogP contribution is -2.51. The third-order valence-electron chi connectivity index (χ3n) is 2.87. The average Bonchev–Trinajstić information content (AvgIpc) is 2.42. The van der Waals surface area contributed by atoms with Gasteiger partial charge in [0, 0.05) is 12.7 Å². The van der Waals surface area contributed by atoms with Crippen LogP contribution in [0.2, 0.25) is 0 Å². The number of nitrogens with zero attached hydrogens (tertiary/aromatic N) is 3. The Kier molecular flexibility index (Phi) is 4.56. The Bertz CT molecular complexity index is 571. The maximum absolute atomic E-state index is 11.7. The van der Waals surface area contributed by atoms with Gasteiger partial charge in [0.2, 0.25) is 16.0 Å². The number of hydrogen-bond donors (Lipinski definition) is 2. The Hall–Kier alpha value is -1.67. The van der Waals surface area contributed by atoms with Crippen LogP contribution in [0.3, 0.4) is 0 Å². The number of rotatable bonds is 4. The molecular weight excluding hydrogens is 278 g/mol. The topological polar surface area (TPSA) is 86.7 Å². The van der Waals surface area contributed by atoms with Gasteiger partial charge in [-0.3, -0.25) is 14.6 Å². The van der Waals surface area contributed by atoms with Gasteiger partial charge >= 0.3 is 0 Å². The first-order valence-electron chi connectivity index (χ1n) is 6.39. The fourth-order valence-corrected chi connectivity index (χ4v) is 2.25. The molecule has 0 saturated heterocycles. The van der Waals surface area contributed by atoms with Crippen LogP contribution in [0, 0.1) is 0 Å². The van der Waals surface area contributed by atoms with Crippen molar-refractivity contribution in [2.45, 2.75) is 25.6 Å². The van der Waals surface area contributed by atoms with E-state index in [4.69, 9.17) is 0 Å². The van der Waals surface area contributed by atoms with Gasteiger partial charge in [-0.25, -0.2) is 13.4 Å². The minimum absolute atomic E-state index is 0.302. The molecule has 2 heterocycles. The molecule has 0 saturated carbocycles. The largest absolute Gasteiger partial charge is 0.343 e. The number of aromatic nitrogens is 1. The van der Waals surface area contributed by atoms with E-state index in [1.165, 1.54) is 0 Å². The number of hydrogen-bond acceptors (Lipinski definition) is 6. The van der Waals surface area contributed by atoms with E-state index in [0.717, 1.165) is 5.69 Å². The Labute approximate surface area is 119 Å². The Morgan fingerprint density at radius 3 is 2.80 bits per heavy atom. The highest BCUT2D eigenvalue weighted by Gasteiger charge is 2.20. The summed E-state index contributed by atoms with van der Waals surface area (Å²) in [7, 11) is -3.35. The SMILES string of the molecule is CC(C)S(=O)(=O)NC1=NCN(Cc2ccccn2)CN1. The second-order valence-electron chi connectivity index (χ2n) is 4.83. The van der Waals surface area contributed by atoms with Crippen LogP contribution in [-0.2, 0) is 16.6 Å². The van der Waals surface area contributed by atoms with E-state index in [-0.39, 0.29) is 0 Å². The molecule has 8 heteroatoms. The number of sulfonamides is 1. The van der Waals surface area contributed by atoms with E-state index in [2.05, 4.69) is 20.0 Å². The van der Waals surface area contributed by atoms with Crippen LogP contribution in [0.1, 0.15) is 19.5 Å². The fraction of sp³-hybridized carbons (Fsp3) is 0.500. The van der Waals surface area contributed by atoms with Gasteiger partial charge in [-0.05, 0) is 26.0 Å². The van der Waals surface area contributed by atoms with E-state index in [1.54, 1.807) is 20.0 Å². The van der Waals surface area contributed by atoms with Gasteiger partial charge in [-0.2, -0.15) is 0 Å². The number of nitrogens with one attached hydrogen (secondary N) is 2. The van der Waals surface area contributed by atoms with Crippen molar-refractivity contribution in [2.75, 3.05) is 13.3 Å². The highest BCUT2D eigenvalue weighted by Crippen LogP contribution is 2.03. The van der Waals surface area contributed by atoms with Crippen LogP contribution in [0.25, 0.3) is 0 Å². The molecule has 0 aliphatic carbocycles. The summed E-state index contributed by atoms with van der Waals surface area (Å²) in [6.45, 7) is 4.87. The molecule has 110 valence electrons. The zero-order valence-electron chi connectivity index (χ0n) is 11.6. The van der Waals surface area contributed by atoms with Crippen molar-refractivity contribution < 1.29 is 8.42 Å². The third-order valence-corrected chi connectivity index (χ3v) is 4.59. The predicted octanol–water partition coefficient (Wildman–Crippen LogP) is 0.0856. The average molecular weight is 297 g/mol. The molecule has 2 N–H and O–H groups in total. The molecule has 2 rings (SSSR count). The van der Waals surface area contributed by atoms with Gasteiger partial charge in [0.15, 0.2) is 0 Å². The van der Waals surface area contributed by atoms with E-state index in [0.29, 0.717) is 25.8 Å². The molecule has 1 aromatic rings. The second kappa shape index (κ2) is 6.19. The summed E-state index contributed by atoms with van der Waals surface area (Å²) < 4.78 is 25.9. The number of guanidine groups is 1. The molecule has 1 aliphatic heterocycles. The third kappa shape index (κ3) is 3.91. The zero-order valence-corrected chi connectivity index (χ0v) is 12.4. The first-order valence-corrected chi connectivity index (χ1v) is 7.94. The van der Waals surface area contributed by atoms with Crippen LogP contribution >= 0.6 is 0 Å². The molecule has 0 unspecified atom stereocenters. The van der Waals surface area contributed by atoms with Crippen LogP contribution in [0.4, 0.5) is 0 Å². The Balaban J connectivity index is 1.91. The van der Waals surface area contributed by atoms with Gasteiger partial charge in [-0.1, -0.05) is 6.07 Å². The monoisotopic (exact) mass is 297 g/mol. The van der Waals surface area contributed by atoms with Gasteiger partial charge in [-0.15, -0.1) is 0 Å². The molecule has 20 heavy (non-hydrogen) atoms. The van der Waals surface area contributed by atoms with Crippen molar-refractivity contribution >= 4 is 16.0 Å². The first kappa shape index (κ1) is 14.7. The molecular formula is C12H19N5O2S. The molecule has 0 amide bonds. The molecule has 0 radical (unpaired) electrons. The van der Waals surface area contributed by atoms with Crippen molar-refractivity contribution in [3.8, 4) is 0 Å². The maximum atomic E-state index is 11.7. The molecule has 0 fully saturated rings. The van der Waals surface area contributed by atoms with Crippen molar-refractivity contribution in [3.63, 3.8) is 0 Å². The normalized spacial score (nSPS) is 16.6. The summed E-state index contributed by atoms with van der Waals surface area (Å²) in [5.41, 5.74) is 0.954. The summed E-state index contributed by atoms with van der Waals surface area (Å²) >= 11 is 0. The van der Waals surface area contributed by atoms with Crippen molar-refractivity contribution in [2.24, 2.45) is 4.99 Å². The van der Waals surface area contributed by atoms with E-state index >= 15 is 0 Å². The van der Waals surface area contributed by atoms with Crippen LogP contribution in [0.15, 0.2) is 29.4 Å². The zero-order chi connectivity index (χ0) is 14.6. The highest BCUT2D eigenvalue weighted by molar-refractivity contribution is 7.90. The smallest absolute Gasteiger partial charge is 0.237 e. The summed E-state index contributed by atoms with van der Waals surface area (Å²) in [6, 6.07) is 5.75. The molecule has 0 bridgehead atoms.